The van der Waals surface area contributed by atoms with Crippen molar-refractivity contribution in [2.45, 2.75) is 25.4 Å². The minimum Gasteiger partial charge on any atom is -0.450 e. The van der Waals surface area contributed by atoms with Crippen LogP contribution in [0.5, 0.6) is 0 Å². The van der Waals surface area contributed by atoms with Crippen molar-refractivity contribution < 1.29 is 9.52 Å². The summed E-state index contributed by atoms with van der Waals surface area (Å²) in [5.74, 6) is 1.05. The van der Waals surface area contributed by atoms with Crippen molar-refractivity contribution in [3.05, 3.63) is 21.0 Å². The summed E-state index contributed by atoms with van der Waals surface area (Å²) < 4.78 is 6.87. The van der Waals surface area contributed by atoms with Crippen LogP contribution in [0.1, 0.15) is 31.1 Å². The normalized spacial score (nSPS) is 19.9. The van der Waals surface area contributed by atoms with Gasteiger partial charge >= 0.3 is 0 Å². The molecule has 2 nitrogen and oxygen atoms in total. The minimum atomic E-state index is -0.434. The molecule has 0 bridgehead atoms. The molecule has 1 aliphatic rings. The van der Waals surface area contributed by atoms with Gasteiger partial charge in [0.05, 0.1) is 4.47 Å². The van der Waals surface area contributed by atoms with Crippen LogP contribution in [0, 0.1) is 5.92 Å². The van der Waals surface area contributed by atoms with E-state index in [1.807, 2.05) is 6.07 Å². The van der Waals surface area contributed by atoms with Gasteiger partial charge < -0.3 is 9.52 Å². The molecule has 0 amide bonds. The third-order valence-corrected chi connectivity index (χ3v) is 4.26. The lowest BCUT2D eigenvalue weighted by atomic mass is 9.80. The molecule has 0 saturated heterocycles. The van der Waals surface area contributed by atoms with Gasteiger partial charge in [-0.3, -0.25) is 0 Å². The van der Waals surface area contributed by atoms with E-state index in [2.05, 4.69) is 31.9 Å². The van der Waals surface area contributed by atoms with Crippen LogP contribution >= 0.6 is 31.9 Å². The van der Waals surface area contributed by atoms with Crippen molar-refractivity contribution in [1.82, 2.24) is 0 Å². The fourth-order valence-corrected chi connectivity index (χ4v) is 2.10. The van der Waals surface area contributed by atoms with Gasteiger partial charge in [0.15, 0.2) is 4.67 Å². The van der Waals surface area contributed by atoms with Gasteiger partial charge in [0.2, 0.25) is 0 Å². The Morgan fingerprint density at radius 2 is 2.15 bits per heavy atom. The maximum absolute atomic E-state index is 9.84. The van der Waals surface area contributed by atoms with E-state index in [-0.39, 0.29) is 0 Å². The molecular formula is C9H10Br2O2. The van der Waals surface area contributed by atoms with Crippen LogP contribution < -0.4 is 0 Å². The highest BCUT2D eigenvalue weighted by Crippen LogP contribution is 2.40. The van der Waals surface area contributed by atoms with Crippen LogP contribution in [0.15, 0.2) is 19.6 Å². The number of aliphatic hydroxyl groups is 1. The van der Waals surface area contributed by atoms with E-state index < -0.39 is 6.10 Å². The van der Waals surface area contributed by atoms with Gasteiger partial charge in [-0.15, -0.1) is 0 Å². The number of aliphatic hydroxyl groups excluding tert-OH is 1. The summed E-state index contributed by atoms with van der Waals surface area (Å²) in [6.07, 6.45) is 3.01. The van der Waals surface area contributed by atoms with Crippen molar-refractivity contribution in [2.24, 2.45) is 5.92 Å². The fourth-order valence-electron chi connectivity index (χ4n) is 1.50. The van der Waals surface area contributed by atoms with Gasteiger partial charge in [-0.05, 0) is 56.7 Å². The summed E-state index contributed by atoms with van der Waals surface area (Å²) >= 11 is 6.57. The highest BCUT2D eigenvalue weighted by atomic mass is 79.9. The average molecular weight is 310 g/mol. The molecule has 1 N–H and O–H groups in total. The molecule has 2 rings (SSSR count). The zero-order valence-electron chi connectivity index (χ0n) is 6.96. The molecular weight excluding hydrogens is 300 g/mol. The Kier molecular flexibility index (Phi) is 2.81. The zero-order chi connectivity index (χ0) is 9.42. The van der Waals surface area contributed by atoms with Crippen LogP contribution in [-0.2, 0) is 0 Å². The van der Waals surface area contributed by atoms with E-state index >= 15 is 0 Å². The lowest BCUT2D eigenvalue weighted by molar-refractivity contribution is 0.0437. The Morgan fingerprint density at radius 1 is 1.46 bits per heavy atom. The molecule has 1 aromatic heterocycles. The molecule has 72 valence electrons. The van der Waals surface area contributed by atoms with E-state index in [1.165, 1.54) is 6.42 Å². The molecule has 1 unspecified atom stereocenters. The van der Waals surface area contributed by atoms with E-state index in [4.69, 9.17) is 4.42 Å². The van der Waals surface area contributed by atoms with Crippen molar-refractivity contribution in [3.8, 4) is 0 Å². The van der Waals surface area contributed by atoms with Crippen LogP contribution in [0.25, 0.3) is 0 Å². The van der Waals surface area contributed by atoms with E-state index in [0.717, 1.165) is 17.3 Å². The number of halogens is 2. The monoisotopic (exact) mass is 308 g/mol. The fraction of sp³-hybridized carbons (Fsp3) is 0.556. The predicted molar refractivity (Wildman–Crippen MR) is 56.4 cm³/mol. The van der Waals surface area contributed by atoms with Gasteiger partial charge in [0.25, 0.3) is 0 Å². The lowest BCUT2D eigenvalue weighted by Gasteiger charge is -2.28. The summed E-state index contributed by atoms with van der Waals surface area (Å²) in [7, 11) is 0. The lowest BCUT2D eigenvalue weighted by Crippen LogP contribution is -2.19. The molecule has 1 aliphatic carbocycles. The summed E-state index contributed by atoms with van der Waals surface area (Å²) in [5.41, 5.74) is 0. The summed E-state index contributed by atoms with van der Waals surface area (Å²) in [4.78, 5) is 0. The average Bonchev–Trinajstić information content (AvgIpc) is 2.28. The Balaban J connectivity index is 2.14. The summed E-state index contributed by atoms with van der Waals surface area (Å²) in [6, 6.07) is 1.83. The van der Waals surface area contributed by atoms with Gasteiger partial charge in [-0.25, -0.2) is 0 Å². The molecule has 0 radical (unpaired) electrons. The molecule has 0 aliphatic heterocycles. The third kappa shape index (κ3) is 1.85. The van der Waals surface area contributed by atoms with Crippen LogP contribution in [0.3, 0.4) is 0 Å². The minimum absolute atomic E-state index is 0.393. The Labute approximate surface area is 93.6 Å². The Hall–Kier alpha value is 0.200. The van der Waals surface area contributed by atoms with Crippen molar-refractivity contribution in [2.75, 3.05) is 0 Å². The van der Waals surface area contributed by atoms with E-state index in [9.17, 15) is 5.11 Å². The predicted octanol–water partition coefficient (Wildman–Crippen LogP) is 3.64. The maximum Gasteiger partial charge on any atom is 0.183 e. The van der Waals surface area contributed by atoms with E-state index in [1.54, 1.807) is 0 Å². The first kappa shape index (κ1) is 9.74. The molecule has 1 fully saturated rings. The first-order chi connectivity index (χ1) is 6.18. The molecule has 1 heterocycles. The Bertz CT molecular complexity index is 285. The second kappa shape index (κ2) is 3.75. The number of rotatable bonds is 2. The molecule has 13 heavy (non-hydrogen) atoms. The third-order valence-electron chi connectivity index (χ3n) is 2.55. The molecule has 1 aromatic rings. The van der Waals surface area contributed by atoms with Crippen LogP contribution in [0.4, 0.5) is 0 Å². The Morgan fingerprint density at radius 3 is 2.54 bits per heavy atom. The number of hydrogen-bond acceptors (Lipinski definition) is 2. The van der Waals surface area contributed by atoms with Gasteiger partial charge in [0, 0.05) is 0 Å². The topological polar surface area (TPSA) is 33.4 Å². The second-order valence-corrected chi connectivity index (χ2v) is 4.98. The number of furan rings is 1. The molecule has 0 aromatic carbocycles. The molecule has 1 saturated carbocycles. The SMILES string of the molecule is OC(c1cc(Br)c(Br)o1)C1CCC1. The van der Waals surface area contributed by atoms with Crippen LogP contribution in [0.2, 0.25) is 0 Å². The first-order valence-electron chi connectivity index (χ1n) is 4.31. The largest absolute Gasteiger partial charge is 0.450 e. The van der Waals surface area contributed by atoms with Crippen LogP contribution in [-0.4, -0.2) is 5.11 Å². The quantitative estimate of drug-likeness (QED) is 0.905. The van der Waals surface area contributed by atoms with Crippen molar-refractivity contribution in [3.63, 3.8) is 0 Å². The maximum atomic E-state index is 9.84. The van der Waals surface area contributed by atoms with Gasteiger partial charge in [-0.1, -0.05) is 6.42 Å². The first-order valence-corrected chi connectivity index (χ1v) is 5.90. The zero-order valence-corrected chi connectivity index (χ0v) is 10.1. The molecule has 0 spiro atoms. The summed E-state index contributed by atoms with van der Waals surface area (Å²) in [5, 5.41) is 9.84. The number of hydrogen-bond donors (Lipinski definition) is 1. The van der Waals surface area contributed by atoms with E-state index in [0.29, 0.717) is 16.3 Å². The molecule has 4 heteroatoms. The summed E-state index contributed by atoms with van der Waals surface area (Å²) in [6.45, 7) is 0. The molecule has 1 atom stereocenters. The highest BCUT2D eigenvalue weighted by Gasteiger charge is 2.29. The van der Waals surface area contributed by atoms with Crippen molar-refractivity contribution in [1.29, 1.82) is 0 Å². The van der Waals surface area contributed by atoms with Crippen molar-refractivity contribution >= 4 is 31.9 Å². The van der Waals surface area contributed by atoms with Gasteiger partial charge in [-0.2, -0.15) is 0 Å². The van der Waals surface area contributed by atoms with Gasteiger partial charge in [0.1, 0.15) is 11.9 Å². The smallest absolute Gasteiger partial charge is 0.183 e. The highest BCUT2D eigenvalue weighted by molar-refractivity contribution is 9.13. The standard InChI is InChI=1S/C9H10Br2O2/c10-6-4-7(13-9(6)11)8(12)5-2-1-3-5/h4-5,8,12H,1-3H2. The second-order valence-electron chi connectivity index (χ2n) is 3.41.